The van der Waals surface area contributed by atoms with Gasteiger partial charge in [0.05, 0.1) is 4.92 Å². The molecule has 0 bridgehead atoms. The Hall–Kier alpha value is -3.13. The summed E-state index contributed by atoms with van der Waals surface area (Å²) in [5.41, 5.74) is 0.387. The molecule has 1 amide bonds. The lowest BCUT2D eigenvalue weighted by Gasteiger charge is -2.04. The summed E-state index contributed by atoms with van der Waals surface area (Å²) in [6.45, 7) is 0.187. The Bertz CT molecular complexity index is 920. The molecule has 0 saturated carbocycles. The number of ether oxygens (including phenoxy) is 1. The topological polar surface area (TPSA) is 94.6 Å². The Morgan fingerprint density at radius 3 is 2.42 bits per heavy atom. The van der Waals surface area contributed by atoms with E-state index < -0.39 is 10.8 Å². The maximum absolute atomic E-state index is 12.2. The first kappa shape index (κ1) is 17.7. The quantitative estimate of drug-likeness (QED) is 0.460. The van der Waals surface area contributed by atoms with Crippen molar-refractivity contribution in [3.63, 3.8) is 0 Å². The van der Waals surface area contributed by atoms with E-state index in [-0.39, 0.29) is 18.1 Å². The van der Waals surface area contributed by atoms with Crippen LogP contribution in [0.4, 0.5) is 11.4 Å². The maximum Gasteiger partial charge on any atom is 0.291 e. The van der Waals surface area contributed by atoms with Gasteiger partial charge in [-0.15, -0.1) is 0 Å². The molecule has 26 heavy (non-hydrogen) atoms. The smallest absolute Gasteiger partial charge is 0.291 e. The van der Waals surface area contributed by atoms with Crippen LogP contribution in [-0.4, -0.2) is 10.8 Å². The van der Waals surface area contributed by atoms with Crippen molar-refractivity contribution in [1.82, 2.24) is 0 Å². The molecule has 7 nitrogen and oxygen atoms in total. The molecule has 0 fully saturated rings. The fourth-order valence-electron chi connectivity index (χ4n) is 2.12. The summed E-state index contributed by atoms with van der Waals surface area (Å²) in [7, 11) is 0. The zero-order valence-corrected chi connectivity index (χ0v) is 14.9. The number of hydrogen-bond acceptors (Lipinski definition) is 5. The largest absolute Gasteiger partial charge is 0.486 e. The van der Waals surface area contributed by atoms with Crippen LogP contribution in [0.25, 0.3) is 0 Å². The lowest BCUT2D eigenvalue weighted by Crippen LogP contribution is -2.10. The predicted molar refractivity (Wildman–Crippen MR) is 98.2 cm³/mol. The number of nitro groups is 1. The second kappa shape index (κ2) is 7.83. The number of anilines is 1. The average Bonchev–Trinajstić information content (AvgIpc) is 3.11. The van der Waals surface area contributed by atoms with Crippen LogP contribution in [0.1, 0.15) is 16.3 Å². The predicted octanol–water partition coefficient (Wildman–Crippen LogP) is 4.78. The second-order valence-corrected chi connectivity index (χ2v) is 6.18. The maximum atomic E-state index is 12.2. The molecule has 0 saturated heterocycles. The van der Waals surface area contributed by atoms with Gasteiger partial charge in [-0.3, -0.25) is 14.9 Å². The number of benzene rings is 2. The van der Waals surface area contributed by atoms with Gasteiger partial charge >= 0.3 is 0 Å². The first-order valence-electron chi connectivity index (χ1n) is 7.54. The van der Waals surface area contributed by atoms with Crippen molar-refractivity contribution in [1.29, 1.82) is 0 Å². The van der Waals surface area contributed by atoms with Crippen LogP contribution >= 0.6 is 15.9 Å². The summed E-state index contributed by atoms with van der Waals surface area (Å²) in [5, 5.41) is 13.2. The summed E-state index contributed by atoms with van der Waals surface area (Å²) in [5.74, 6) is 0.856. The number of nitrogens with one attached hydrogen (secondary N) is 1. The molecule has 0 aliphatic carbocycles. The van der Waals surface area contributed by atoms with Crippen molar-refractivity contribution in [3.8, 4) is 5.75 Å². The molecule has 1 aromatic heterocycles. The SMILES string of the molecule is O=C(Nc1ccc([N+](=O)[O-])cc1)c1ccc(COc2ccc(Br)cc2)o1. The second-order valence-electron chi connectivity index (χ2n) is 5.27. The van der Waals surface area contributed by atoms with Gasteiger partial charge in [-0.1, -0.05) is 15.9 Å². The van der Waals surface area contributed by atoms with E-state index in [1.807, 2.05) is 24.3 Å². The Balaban J connectivity index is 1.58. The van der Waals surface area contributed by atoms with E-state index in [9.17, 15) is 14.9 Å². The van der Waals surface area contributed by atoms with Crippen molar-refractivity contribution in [2.24, 2.45) is 0 Å². The third kappa shape index (κ3) is 4.48. The Kier molecular flexibility index (Phi) is 5.33. The third-order valence-corrected chi connectivity index (χ3v) is 3.94. The van der Waals surface area contributed by atoms with Gasteiger partial charge < -0.3 is 14.5 Å². The molecule has 0 atom stereocenters. The summed E-state index contributed by atoms with van der Waals surface area (Å²) in [6.07, 6.45) is 0. The summed E-state index contributed by atoms with van der Waals surface area (Å²) >= 11 is 3.35. The Labute approximate surface area is 156 Å². The molecule has 8 heteroatoms. The van der Waals surface area contributed by atoms with Gasteiger partial charge in [0.2, 0.25) is 0 Å². The van der Waals surface area contributed by atoms with Crippen LogP contribution in [0.3, 0.4) is 0 Å². The third-order valence-electron chi connectivity index (χ3n) is 3.42. The number of nitrogens with zero attached hydrogens (tertiary/aromatic N) is 1. The average molecular weight is 417 g/mol. The van der Waals surface area contributed by atoms with E-state index in [0.29, 0.717) is 17.2 Å². The zero-order valence-electron chi connectivity index (χ0n) is 13.3. The summed E-state index contributed by atoms with van der Waals surface area (Å²) in [4.78, 5) is 22.3. The molecule has 0 aliphatic rings. The minimum absolute atomic E-state index is 0.0478. The highest BCUT2D eigenvalue weighted by atomic mass is 79.9. The fraction of sp³-hybridized carbons (Fsp3) is 0.0556. The molecule has 3 aromatic rings. The van der Waals surface area contributed by atoms with Crippen LogP contribution in [-0.2, 0) is 6.61 Å². The first-order chi connectivity index (χ1) is 12.5. The van der Waals surface area contributed by atoms with Crippen molar-refractivity contribution in [2.75, 3.05) is 5.32 Å². The van der Waals surface area contributed by atoms with Crippen LogP contribution in [0, 0.1) is 10.1 Å². The van der Waals surface area contributed by atoms with Gasteiger partial charge in [0.25, 0.3) is 11.6 Å². The number of carbonyl (C=O) groups is 1. The van der Waals surface area contributed by atoms with Gasteiger partial charge in [-0.25, -0.2) is 0 Å². The number of hydrogen-bond donors (Lipinski definition) is 1. The zero-order chi connectivity index (χ0) is 18.5. The lowest BCUT2D eigenvalue weighted by atomic mass is 10.3. The van der Waals surface area contributed by atoms with E-state index in [0.717, 1.165) is 4.47 Å². The fourth-order valence-corrected chi connectivity index (χ4v) is 2.39. The molecule has 2 aromatic carbocycles. The number of furan rings is 1. The molecule has 1 heterocycles. The lowest BCUT2D eigenvalue weighted by molar-refractivity contribution is -0.384. The minimum atomic E-state index is -0.504. The summed E-state index contributed by atoms with van der Waals surface area (Å²) < 4.78 is 12.0. The van der Waals surface area contributed by atoms with Crippen LogP contribution < -0.4 is 10.1 Å². The molecular formula is C18H13BrN2O5. The van der Waals surface area contributed by atoms with Crippen molar-refractivity contribution >= 4 is 33.2 Å². The molecule has 1 N–H and O–H groups in total. The van der Waals surface area contributed by atoms with E-state index in [1.54, 1.807) is 12.1 Å². The number of amides is 1. The van der Waals surface area contributed by atoms with Gasteiger partial charge in [0.1, 0.15) is 18.1 Å². The molecule has 3 rings (SSSR count). The molecule has 0 radical (unpaired) electrons. The van der Waals surface area contributed by atoms with E-state index in [1.165, 1.54) is 24.3 Å². The Morgan fingerprint density at radius 1 is 1.08 bits per heavy atom. The highest BCUT2D eigenvalue weighted by Gasteiger charge is 2.13. The number of non-ortho nitro benzene ring substituents is 1. The van der Waals surface area contributed by atoms with Gasteiger partial charge in [0, 0.05) is 22.3 Å². The van der Waals surface area contributed by atoms with Crippen LogP contribution in [0.5, 0.6) is 5.75 Å². The van der Waals surface area contributed by atoms with E-state index in [4.69, 9.17) is 9.15 Å². The van der Waals surface area contributed by atoms with Gasteiger partial charge in [-0.2, -0.15) is 0 Å². The number of halogens is 1. The molecule has 132 valence electrons. The molecule has 0 aliphatic heterocycles. The standard InChI is InChI=1S/C18H13BrN2O5/c19-12-1-7-15(8-2-12)25-11-16-9-10-17(26-16)18(22)20-13-3-5-14(6-4-13)21(23)24/h1-10H,11H2,(H,20,22). The summed E-state index contributed by atoms with van der Waals surface area (Å²) in [6, 6.07) is 16.1. The monoisotopic (exact) mass is 416 g/mol. The Morgan fingerprint density at radius 2 is 1.77 bits per heavy atom. The van der Waals surface area contributed by atoms with Crippen molar-refractivity contribution in [2.45, 2.75) is 6.61 Å². The van der Waals surface area contributed by atoms with Gasteiger partial charge in [0.15, 0.2) is 5.76 Å². The van der Waals surface area contributed by atoms with Crippen LogP contribution in [0.15, 0.2) is 69.6 Å². The number of nitro benzene ring substituents is 1. The van der Waals surface area contributed by atoms with E-state index in [2.05, 4.69) is 21.2 Å². The first-order valence-corrected chi connectivity index (χ1v) is 8.33. The van der Waals surface area contributed by atoms with Crippen molar-refractivity contribution in [3.05, 3.63) is 86.8 Å². The van der Waals surface area contributed by atoms with Crippen molar-refractivity contribution < 1.29 is 18.9 Å². The number of rotatable bonds is 6. The van der Waals surface area contributed by atoms with Gasteiger partial charge in [-0.05, 0) is 48.5 Å². The molecular weight excluding hydrogens is 404 g/mol. The molecule has 0 unspecified atom stereocenters. The molecule has 0 spiro atoms. The van der Waals surface area contributed by atoms with Crippen LogP contribution in [0.2, 0.25) is 0 Å². The normalized spacial score (nSPS) is 10.3. The highest BCUT2D eigenvalue weighted by molar-refractivity contribution is 9.10. The number of carbonyl (C=O) groups excluding carboxylic acids is 1. The minimum Gasteiger partial charge on any atom is -0.486 e. The highest BCUT2D eigenvalue weighted by Crippen LogP contribution is 2.19. The van der Waals surface area contributed by atoms with E-state index >= 15 is 0 Å².